The van der Waals surface area contributed by atoms with E-state index in [0.717, 1.165) is 5.56 Å². The number of piperidine rings is 1. The van der Waals surface area contributed by atoms with Gasteiger partial charge in [-0.2, -0.15) is 0 Å². The molecule has 4 rings (SSSR count). The highest BCUT2D eigenvalue weighted by molar-refractivity contribution is 5.98. The van der Waals surface area contributed by atoms with Crippen LogP contribution in [-0.4, -0.2) is 59.0 Å². The second-order valence-corrected chi connectivity index (χ2v) is 9.50. The highest BCUT2D eigenvalue weighted by Gasteiger charge is 2.54. The molecule has 3 amide bonds. The summed E-state index contributed by atoms with van der Waals surface area (Å²) >= 11 is 0. The zero-order chi connectivity index (χ0) is 24.1. The van der Waals surface area contributed by atoms with Crippen molar-refractivity contribution in [2.24, 2.45) is 5.92 Å². The lowest BCUT2D eigenvalue weighted by Crippen LogP contribution is -2.59. The lowest BCUT2D eigenvalue weighted by molar-refractivity contribution is -0.144. The second-order valence-electron chi connectivity index (χ2n) is 9.50. The molecule has 1 spiro atoms. The van der Waals surface area contributed by atoms with Crippen LogP contribution in [0, 0.1) is 5.92 Å². The van der Waals surface area contributed by atoms with Crippen molar-refractivity contribution in [3.8, 4) is 0 Å². The van der Waals surface area contributed by atoms with Crippen LogP contribution in [0.15, 0.2) is 60.7 Å². The molecule has 0 aliphatic carbocycles. The van der Waals surface area contributed by atoms with Crippen LogP contribution in [0.1, 0.15) is 49.0 Å². The summed E-state index contributed by atoms with van der Waals surface area (Å²) in [5, 5.41) is 2.97. The molecule has 1 N–H and O–H groups in total. The minimum Gasteiger partial charge on any atom is -0.353 e. The standard InChI is InChI=1S/C27H33N3O4/c1-20(2)17-24(31)29-15-13-27(14-16-29)30(26(33)22-11-7-4-8-12-22)23(19-34-27)25(32)28-18-21-9-5-3-6-10-21/h3-12,20,23H,13-19H2,1-2H3,(H,28,32)/t23-/m0/s1. The number of hydrogen-bond acceptors (Lipinski definition) is 4. The summed E-state index contributed by atoms with van der Waals surface area (Å²) in [6.45, 7) is 5.59. The summed E-state index contributed by atoms with van der Waals surface area (Å²) in [5.74, 6) is -0.0378. The SMILES string of the molecule is CC(C)CC(=O)N1CCC2(CC1)OC[C@@H](C(=O)NCc1ccccc1)N2C(=O)c1ccccc1. The number of amides is 3. The molecule has 34 heavy (non-hydrogen) atoms. The number of nitrogens with zero attached hydrogens (tertiary/aromatic N) is 2. The van der Waals surface area contributed by atoms with Gasteiger partial charge in [-0.1, -0.05) is 62.4 Å². The van der Waals surface area contributed by atoms with E-state index in [9.17, 15) is 14.4 Å². The van der Waals surface area contributed by atoms with E-state index in [0.29, 0.717) is 50.4 Å². The van der Waals surface area contributed by atoms with E-state index in [1.165, 1.54) is 0 Å². The summed E-state index contributed by atoms with van der Waals surface area (Å²) in [5.41, 5.74) is 0.616. The molecule has 2 heterocycles. The summed E-state index contributed by atoms with van der Waals surface area (Å²) < 4.78 is 6.24. The molecule has 0 saturated carbocycles. The van der Waals surface area contributed by atoms with Crippen LogP contribution in [0.5, 0.6) is 0 Å². The summed E-state index contributed by atoms with van der Waals surface area (Å²) in [6, 6.07) is 18.0. The summed E-state index contributed by atoms with van der Waals surface area (Å²) in [4.78, 5) is 43.0. The van der Waals surface area contributed by atoms with Crippen LogP contribution in [0.2, 0.25) is 0 Å². The highest BCUT2D eigenvalue weighted by Crippen LogP contribution is 2.38. The Morgan fingerprint density at radius 3 is 2.24 bits per heavy atom. The van der Waals surface area contributed by atoms with Crippen molar-refractivity contribution in [3.63, 3.8) is 0 Å². The fourth-order valence-corrected chi connectivity index (χ4v) is 4.77. The molecule has 2 aromatic carbocycles. The average molecular weight is 464 g/mol. The predicted molar refractivity (Wildman–Crippen MR) is 129 cm³/mol. The van der Waals surface area contributed by atoms with Crippen LogP contribution < -0.4 is 5.32 Å². The molecule has 0 bridgehead atoms. The topological polar surface area (TPSA) is 79.0 Å². The van der Waals surface area contributed by atoms with Crippen molar-refractivity contribution in [2.75, 3.05) is 19.7 Å². The van der Waals surface area contributed by atoms with Crippen molar-refractivity contribution >= 4 is 17.7 Å². The quantitative estimate of drug-likeness (QED) is 0.714. The van der Waals surface area contributed by atoms with E-state index >= 15 is 0 Å². The van der Waals surface area contributed by atoms with Crippen molar-refractivity contribution in [1.29, 1.82) is 0 Å². The second kappa shape index (κ2) is 10.4. The lowest BCUT2D eigenvalue weighted by Gasteiger charge is -2.44. The van der Waals surface area contributed by atoms with Crippen molar-refractivity contribution in [1.82, 2.24) is 15.1 Å². The van der Waals surface area contributed by atoms with Crippen LogP contribution in [0.25, 0.3) is 0 Å². The van der Waals surface area contributed by atoms with Crippen molar-refractivity contribution in [3.05, 3.63) is 71.8 Å². The molecule has 2 saturated heterocycles. The zero-order valence-electron chi connectivity index (χ0n) is 19.9. The van der Waals surface area contributed by atoms with Crippen LogP contribution in [0.3, 0.4) is 0 Å². The highest BCUT2D eigenvalue weighted by atomic mass is 16.5. The monoisotopic (exact) mass is 463 g/mol. The Balaban J connectivity index is 1.53. The van der Waals surface area contributed by atoms with Gasteiger partial charge in [-0.15, -0.1) is 0 Å². The Kier molecular flexibility index (Phi) is 7.32. The number of rotatable bonds is 6. The lowest BCUT2D eigenvalue weighted by atomic mass is 9.96. The number of hydrogen-bond donors (Lipinski definition) is 1. The van der Waals surface area contributed by atoms with Crippen molar-refractivity contribution in [2.45, 2.75) is 51.4 Å². The fourth-order valence-electron chi connectivity index (χ4n) is 4.77. The van der Waals surface area contributed by atoms with Gasteiger partial charge in [0.1, 0.15) is 11.8 Å². The molecule has 2 fully saturated rings. The number of ether oxygens (including phenoxy) is 1. The van der Waals surface area contributed by atoms with Gasteiger partial charge in [-0.3, -0.25) is 19.3 Å². The Morgan fingerprint density at radius 1 is 1.00 bits per heavy atom. The van der Waals surface area contributed by atoms with E-state index in [1.54, 1.807) is 17.0 Å². The number of nitrogens with one attached hydrogen (secondary N) is 1. The molecule has 0 radical (unpaired) electrons. The molecule has 2 aromatic rings. The maximum absolute atomic E-state index is 13.7. The molecule has 0 aromatic heterocycles. The normalized spacial score (nSPS) is 19.4. The van der Waals surface area contributed by atoms with Crippen molar-refractivity contribution < 1.29 is 19.1 Å². The van der Waals surface area contributed by atoms with E-state index in [1.807, 2.05) is 67.3 Å². The molecule has 2 aliphatic heterocycles. The smallest absolute Gasteiger partial charge is 0.256 e. The third-order valence-corrected chi connectivity index (χ3v) is 6.59. The number of benzene rings is 2. The summed E-state index contributed by atoms with van der Waals surface area (Å²) in [6.07, 6.45) is 1.47. The average Bonchev–Trinajstić information content (AvgIpc) is 3.21. The predicted octanol–water partition coefficient (Wildman–Crippen LogP) is 3.21. The van der Waals surface area contributed by atoms with Crippen LogP contribution in [0.4, 0.5) is 0 Å². The van der Waals surface area contributed by atoms with Crippen LogP contribution in [-0.2, 0) is 20.9 Å². The van der Waals surface area contributed by atoms with Crippen LogP contribution >= 0.6 is 0 Å². The third-order valence-electron chi connectivity index (χ3n) is 6.59. The number of likely N-dealkylation sites (tertiary alicyclic amines) is 1. The minimum absolute atomic E-state index is 0.126. The zero-order valence-corrected chi connectivity index (χ0v) is 19.9. The molecular weight excluding hydrogens is 430 g/mol. The van der Waals surface area contributed by atoms with Gasteiger partial charge in [-0.25, -0.2) is 0 Å². The number of carbonyl (C=O) groups excluding carboxylic acids is 3. The van der Waals surface area contributed by atoms with Gasteiger partial charge in [-0.05, 0) is 23.6 Å². The fraction of sp³-hybridized carbons (Fsp3) is 0.444. The van der Waals surface area contributed by atoms with E-state index in [-0.39, 0.29) is 24.3 Å². The molecule has 180 valence electrons. The molecule has 0 unspecified atom stereocenters. The summed E-state index contributed by atoms with van der Waals surface area (Å²) in [7, 11) is 0. The van der Waals surface area contributed by atoms with Gasteiger partial charge in [0.25, 0.3) is 5.91 Å². The molecular formula is C27H33N3O4. The Hall–Kier alpha value is -3.19. The first kappa shape index (κ1) is 24.0. The molecule has 2 aliphatic rings. The maximum atomic E-state index is 13.7. The maximum Gasteiger partial charge on any atom is 0.256 e. The molecule has 7 nitrogen and oxygen atoms in total. The van der Waals surface area contributed by atoms with E-state index < -0.39 is 11.8 Å². The molecule has 7 heteroatoms. The van der Waals surface area contributed by atoms with E-state index in [2.05, 4.69) is 5.32 Å². The van der Waals surface area contributed by atoms with Gasteiger partial charge >= 0.3 is 0 Å². The Labute approximate surface area is 201 Å². The van der Waals surface area contributed by atoms with Gasteiger partial charge in [0.15, 0.2) is 0 Å². The third kappa shape index (κ3) is 5.14. The number of carbonyl (C=O) groups is 3. The van der Waals surface area contributed by atoms with Gasteiger partial charge in [0.2, 0.25) is 11.8 Å². The first-order valence-electron chi connectivity index (χ1n) is 12.0. The first-order chi connectivity index (χ1) is 16.4. The Morgan fingerprint density at radius 2 is 1.62 bits per heavy atom. The molecule has 1 atom stereocenters. The Bertz CT molecular complexity index is 1000. The minimum atomic E-state index is -0.893. The van der Waals surface area contributed by atoms with Gasteiger partial charge in [0, 0.05) is 44.5 Å². The largest absolute Gasteiger partial charge is 0.353 e. The van der Waals surface area contributed by atoms with Gasteiger partial charge < -0.3 is 15.0 Å². The van der Waals surface area contributed by atoms with Gasteiger partial charge in [0.05, 0.1) is 6.61 Å². The van der Waals surface area contributed by atoms with E-state index in [4.69, 9.17) is 4.74 Å². The first-order valence-corrected chi connectivity index (χ1v) is 12.0.